The van der Waals surface area contributed by atoms with E-state index in [9.17, 15) is 14.4 Å². The number of anilines is 1. The Morgan fingerprint density at radius 2 is 1.69 bits per heavy atom. The van der Waals surface area contributed by atoms with Crippen molar-refractivity contribution in [1.82, 2.24) is 5.32 Å². The fraction of sp³-hybridized carbons (Fsp3) is 0.348. The number of hydrogen-bond donors (Lipinski definition) is 3. The molecule has 0 spiro atoms. The van der Waals surface area contributed by atoms with Crippen molar-refractivity contribution in [2.45, 2.75) is 32.2 Å². The molecular formula is C23H23BrN2O6. The lowest BCUT2D eigenvalue weighted by atomic mass is 9.81. The minimum atomic E-state index is -0.807. The Labute approximate surface area is 193 Å². The van der Waals surface area contributed by atoms with Crippen LogP contribution in [0.25, 0.3) is 0 Å². The van der Waals surface area contributed by atoms with Crippen molar-refractivity contribution in [3.8, 4) is 11.5 Å². The second-order valence-corrected chi connectivity index (χ2v) is 8.85. The van der Waals surface area contributed by atoms with Crippen LogP contribution in [0, 0.1) is 11.8 Å². The number of carbonyl (C=O) groups is 3. The summed E-state index contributed by atoms with van der Waals surface area (Å²) in [6.45, 7) is 0.471. The Morgan fingerprint density at radius 1 is 0.969 bits per heavy atom. The molecule has 2 aromatic rings. The zero-order valence-electron chi connectivity index (χ0n) is 17.2. The lowest BCUT2D eigenvalue weighted by molar-refractivity contribution is -0.143. The third kappa shape index (κ3) is 5.04. The lowest BCUT2D eigenvalue weighted by Gasteiger charge is -2.25. The summed E-state index contributed by atoms with van der Waals surface area (Å²) in [4.78, 5) is 36.8. The van der Waals surface area contributed by atoms with Crippen LogP contribution in [-0.4, -0.2) is 29.7 Å². The second-order valence-electron chi connectivity index (χ2n) is 7.94. The molecule has 1 saturated carbocycles. The standard InChI is InChI=1S/C23H23BrN2O6/c24-16-6-7-18(26-21(27)14-2-4-15(5-3-14)23(29)30)17(10-16)22(28)25-11-13-1-8-19-20(9-13)32-12-31-19/h1,6-10,14-15H,2-5,11-12H2,(H,25,28)(H,26,27)(H,29,30). The number of carboxylic acids is 1. The summed E-state index contributed by atoms with van der Waals surface area (Å²) in [7, 11) is 0. The van der Waals surface area contributed by atoms with E-state index >= 15 is 0 Å². The van der Waals surface area contributed by atoms with E-state index in [-0.39, 0.29) is 37.0 Å². The monoisotopic (exact) mass is 502 g/mol. The second kappa shape index (κ2) is 9.60. The van der Waals surface area contributed by atoms with Crippen molar-refractivity contribution in [2.75, 3.05) is 12.1 Å². The number of aliphatic carboxylic acids is 1. The number of carboxylic acid groups (broad SMARTS) is 1. The SMILES string of the molecule is O=C(NCc1ccc2c(c1)OCO2)c1cc(Br)ccc1NC(=O)C1CCC(C(=O)O)CC1. The van der Waals surface area contributed by atoms with E-state index in [1.54, 1.807) is 24.3 Å². The smallest absolute Gasteiger partial charge is 0.306 e. The van der Waals surface area contributed by atoms with E-state index in [1.807, 2.05) is 12.1 Å². The van der Waals surface area contributed by atoms with E-state index in [4.69, 9.17) is 14.6 Å². The van der Waals surface area contributed by atoms with Gasteiger partial charge >= 0.3 is 5.97 Å². The average Bonchev–Trinajstić information content (AvgIpc) is 3.26. The normalized spacial score (nSPS) is 19.3. The van der Waals surface area contributed by atoms with Gasteiger partial charge in [-0.3, -0.25) is 14.4 Å². The van der Waals surface area contributed by atoms with Crippen LogP contribution < -0.4 is 20.1 Å². The van der Waals surface area contributed by atoms with Crippen LogP contribution in [0.15, 0.2) is 40.9 Å². The molecule has 8 nitrogen and oxygen atoms in total. The maximum atomic E-state index is 12.9. The summed E-state index contributed by atoms with van der Waals surface area (Å²) in [5, 5.41) is 14.9. The highest BCUT2D eigenvalue weighted by Crippen LogP contribution is 2.33. The predicted molar refractivity (Wildman–Crippen MR) is 120 cm³/mol. The zero-order chi connectivity index (χ0) is 22.7. The molecule has 1 heterocycles. The van der Waals surface area contributed by atoms with E-state index in [0.717, 1.165) is 5.56 Å². The molecule has 4 rings (SSSR count). The molecule has 32 heavy (non-hydrogen) atoms. The first-order valence-electron chi connectivity index (χ1n) is 10.4. The molecule has 0 radical (unpaired) electrons. The number of amides is 2. The summed E-state index contributed by atoms with van der Waals surface area (Å²) in [5.74, 6) is -0.657. The van der Waals surface area contributed by atoms with Gasteiger partial charge in [-0.25, -0.2) is 0 Å². The molecule has 3 N–H and O–H groups in total. The van der Waals surface area contributed by atoms with Gasteiger partial charge in [-0.1, -0.05) is 22.0 Å². The van der Waals surface area contributed by atoms with Gasteiger partial charge in [-0.15, -0.1) is 0 Å². The topological polar surface area (TPSA) is 114 Å². The molecule has 2 aromatic carbocycles. The molecule has 0 saturated heterocycles. The molecule has 1 aliphatic heterocycles. The minimum absolute atomic E-state index is 0.185. The first-order chi connectivity index (χ1) is 15.4. The Morgan fingerprint density at radius 3 is 2.44 bits per heavy atom. The van der Waals surface area contributed by atoms with Crippen molar-refractivity contribution in [3.63, 3.8) is 0 Å². The third-order valence-electron chi connectivity index (χ3n) is 5.82. The van der Waals surface area contributed by atoms with Crippen molar-refractivity contribution in [1.29, 1.82) is 0 Å². The molecule has 2 aliphatic rings. The number of benzene rings is 2. The number of hydrogen-bond acceptors (Lipinski definition) is 5. The average molecular weight is 503 g/mol. The molecule has 0 aromatic heterocycles. The number of rotatable bonds is 6. The number of fused-ring (bicyclic) bond motifs is 1. The van der Waals surface area contributed by atoms with Gasteiger partial charge < -0.3 is 25.2 Å². The molecule has 1 aliphatic carbocycles. The van der Waals surface area contributed by atoms with Gasteiger partial charge in [0.05, 0.1) is 17.2 Å². The Kier molecular flexibility index (Phi) is 6.64. The minimum Gasteiger partial charge on any atom is -0.481 e. The van der Waals surface area contributed by atoms with Crippen molar-refractivity contribution in [3.05, 3.63) is 52.0 Å². The molecule has 9 heteroatoms. The molecule has 1 fully saturated rings. The summed E-state index contributed by atoms with van der Waals surface area (Å²) in [6.07, 6.45) is 2.00. The molecule has 0 bridgehead atoms. The van der Waals surface area contributed by atoms with Crippen LogP contribution in [0.2, 0.25) is 0 Å². The van der Waals surface area contributed by atoms with Gasteiger partial charge in [0.15, 0.2) is 11.5 Å². The van der Waals surface area contributed by atoms with Crippen LogP contribution in [0.3, 0.4) is 0 Å². The summed E-state index contributed by atoms with van der Waals surface area (Å²) >= 11 is 3.38. The van der Waals surface area contributed by atoms with Crippen molar-refractivity contribution in [2.24, 2.45) is 11.8 Å². The molecule has 0 unspecified atom stereocenters. The van der Waals surface area contributed by atoms with Gasteiger partial charge in [-0.2, -0.15) is 0 Å². The van der Waals surface area contributed by atoms with Crippen LogP contribution in [0.5, 0.6) is 11.5 Å². The molecule has 2 amide bonds. The maximum absolute atomic E-state index is 12.9. The van der Waals surface area contributed by atoms with Crippen LogP contribution in [-0.2, 0) is 16.1 Å². The number of carbonyl (C=O) groups excluding carboxylic acids is 2. The number of ether oxygens (including phenoxy) is 2. The predicted octanol–water partition coefficient (Wildman–Crippen LogP) is 3.94. The zero-order valence-corrected chi connectivity index (χ0v) is 18.8. The Hall–Kier alpha value is -3.07. The van der Waals surface area contributed by atoms with Gasteiger partial charge in [-0.05, 0) is 61.6 Å². The quantitative estimate of drug-likeness (QED) is 0.551. The lowest BCUT2D eigenvalue weighted by Crippen LogP contribution is -2.30. The van der Waals surface area contributed by atoms with Crippen LogP contribution in [0.1, 0.15) is 41.6 Å². The first-order valence-corrected chi connectivity index (χ1v) is 11.2. The van der Waals surface area contributed by atoms with Gasteiger partial charge in [0.2, 0.25) is 12.7 Å². The van der Waals surface area contributed by atoms with E-state index in [2.05, 4.69) is 26.6 Å². The van der Waals surface area contributed by atoms with Gasteiger partial charge in [0.25, 0.3) is 5.91 Å². The summed E-state index contributed by atoms with van der Waals surface area (Å²) in [6, 6.07) is 10.6. The van der Waals surface area contributed by atoms with Crippen molar-refractivity contribution >= 4 is 39.4 Å². The van der Waals surface area contributed by atoms with Crippen molar-refractivity contribution < 1.29 is 29.0 Å². The highest BCUT2D eigenvalue weighted by Gasteiger charge is 2.30. The first kappa shape index (κ1) is 22.1. The maximum Gasteiger partial charge on any atom is 0.306 e. The van der Waals surface area contributed by atoms with Gasteiger partial charge in [0.1, 0.15) is 0 Å². The molecule has 0 atom stereocenters. The van der Waals surface area contributed by atoms with E-state index in [0.29, 0.717) is 52.9 Å². The summed E-state index contributed by atoms with van der Waals surface area (Å²) in [5.41, 5.74) is 1.62. The largest absolute Gasteiger partial charge is 0.481 e. The fourth-order valence-corrected chi connectivity index (χ4v) is 4.34. The number of nitrogens with one attached hydrogen (secondary N) is 2. The Bertz CT molecular complexity index is 1050. The molecule has 168 valence electrons. The Balaban J connectivity index is 1.40. The highest BCUT2D eigenvalue weighted by molar-refractivity contribution is 9.10. The summed E-state index contributed by atoms with van der Waals surface area (Å²) < 4.78 is 11.4. The highest BCUT2D eigenvalue weighted by atomic mass is 79.9. The van der Waals surface area contributed by atoms with E-state index < -0.39 is 5.97 Å². The van der Waals surface area contributed by atoms with Crippen LogP contribution in [0.4, 0.5) is 5.69 Å². The van der Waals surface area contributed by atoms with Gasteiger partial charge in [0, 0.05) is 16.9 Å². The fourth-order valence-electron chi connectivity index (χ4n) is 3.98. The molecular weight excluding hydrogens is 480 g/mol. The number of halogens is 1. The van der Waals surface area contributed by atoms with E-state index in [1.165, 1.54) is 0 Å². The van der Waals surface area contributed by atoms with Crippen LogP contribution >= 0.6 is 15.9 Å². The third-order valence-corrected chi connectivity index (χ3v) is 6.31.